The molecule has 0 radical (unpaired) electrons. The van der Waals surface area contributed by atoms with E-state index in [9.17, 15) is 9.18 Å². The highest BCUT2D eigenvalue weighted by Gasteiger charge is 2.29. The number of carbonyl (C=O) groups excluding carboxylic acids is 1. The summed E-state index contributed by atoms with van der Waals surface area (Å²) in [5.41, 5.74) is 1.35. The van der Waals surface area contributed by atoms with E-state index in [1.807, 2.05) is 4.90 Å². The molecule has 1 fully saturated rings. The lowest BCUT2D eigenvalue weighted by molar-refractivity contribution is 0.0729. The molecule has 104 valence electrons. The molecule has 0 bridgehead atoms. The van der Waals surface area contributed by atoms with Crippen LogP contribution in [0.5, 0.6) is 0 Å². The summed E-state index contributed by atoms with van der Waals surface area (Å²) in [6.45, 7) is 2.61. The van der Waals surface area contributed by atoms with Crippen LogP contribution in [0.15, 0.2) is 18.2 Å². The molecular formula is C15H19BrFNO. The monoisotopic (exact) mass is 327 g/mol. The standard InChI is InChI=1S/C15H19BrFNO/c1-11-10-12(17)6-7-14(11)15(19)18-9-3-5-13(18)4-2-8-16/h6-7,10,13H,2-5,8-9H2,1H3. The van der Waals surface area contributed by atoms with E-state index < -0.39 is 0 Å². The Kier molecular flexibility index (Phi) is 4.97. The molecule has 2 rings (SSSR count). The molecule has 4 heteroatoms. The summed E-state index contributed by atoms with van der Waals surface area (Å²) in [5.74, 6) is -0.235. The van der Waals surface area contributed by atoms with Crippen LogP contribution in [-0.4, -0.2) is 28.7 Å². The van der Waals surface area contributed by atoms with Gasteiger partial charge in [-0.2, -0.15) is 0 Å². The maximum absolute atomic E-state index is 13.1. The van der Waals surface area contributed by atoms with Crippen molar-refractivity contribution in [1.82, 2.24) is 4.90 Å². The minimum absolute atomic E-state index is 0.0505. The third-order valence-corrected chi connectivity index (χ3v) is 4.29. The summed E-state index contributed by atoms with van der Waals surface area (Å²) in [6, 6.07) is 4.74. The highest BCUT2D eigenvalue weighted by Crippen LogP contribution is 2.25. The third-order valence-electron chi connectivity index (χ3n) is 3.73. The highest BCUT2D eigenvalue weighted by molar-refractivity contribution is 9.09. The first-order valence-electron chi connectivity index (χ1n) is 6.76. The van der Waals surface area contributed by atoms with Crippen molar-refractivity contribution in [2.75, 3.05) is 11.9 Å². The van der Waals surface area contributed by atoms with Gasteiger partial charge in [0.05, 0.1) is 0 Å². The van der Waals surface area contributed by atoms with E-state index in [2.05, 4.69) is 15.9 Å². The first-order chi connectivity index (χ1) is 9.13. The fraction of sp³-hybridized carbons (Fsp3) is 0.533. The van der Waals surface area contributed by atoms with Gasteiger partial charge >= 0.3 is 0 Å². The Labute approximate surface area is 122 Å². The zero-order chi connectivity index (χ0) is 13.8. The van der Waals surface area contributed by atoms with Crippen LogP contribution in [0.3, 0.4) is 0 Å². The van der Waals surface area contributed by atoms with Gasteiger partial charge in [-0.05, 0) is 56.4 Å². The van der Waals surface area contributed by atoms with Gasteiger partial charge in [0, 0.05) is 23.5 Å². The second kappa shape index (κ2) is 6.51. The van der Waals surface area contributed by atoms with E-state index in [4.69, 9.17) is 0 Å². The molecule has 0 N–H and O–H groups in total. The van der Waals surface area contributed by atoms with Crippen molar-refractivity contribution in [1.29, 1.82) is 0 Å². The minimum Gasteiger partial charge on any atom is -0.336 e. The topological polar surface area (TPSA) is 20.3 Å². The van der Waals surface area contributed by atoms with Crippen molar-refractivity contribution in [3.63, 3.8) is 0 Å². The van der Waals surface area contributed by atoms with E-state index in [1.54, 1.807) is 13.0 Å². The first-order valence-corrected chi connectivity index (χ1v) is 7.88. The van der Waals surface area contributed by atoms with Gasteiger partial charge < -0.3 is 4.90 Å². The van der Waals surface area contributed by atoms with Crippen LogP contribution >= 0.6 is 15.9 Å². The number of benzene rings is 1. The lowest BCUT2D eigenvalue weighted by atomic mass is 10.1. The lowest BCUT2D eigenvalue weighted by Gasteiger charge is -2.25. The van der Waals surface area contributed by atoms with Gasteiger partial charge in [0.15, 0.2) is 0 Å². The lowest BCUT2D eigenvalue weighted by Crippen LogP contribution is -2.36. The molecular weight excluding hydrogens is 309 g/mol. The number of carbonyl (C=O) groups is 1. The summed E-state index contributed by atoms with van der Waals surface area (Å²) in [6.07, 6.45) is 4.27. The molecule has 19 heavy (non-hydrogen) atoms. The first kappa shape index (κ1) is 14.5. The highest BCUT2D eigenvalue weighted by atomic mass is 79.9. The Hall–Kier alpha value is -0.900. The van der Waals surface area contributed by atoms with Gasteiger partial charge in [-0.25, -0.2) is 4.39 Å². The molecule has 1 aromatic carbocycles. The molecule has 1 aliphatic rings. The summed E-state index contributed by atoms with van der Waals surface area (Å²) < 4.78 is 13.1. The quantitative estimate of drug-likeness (QED) is 0.768. The van der Waals surface area contributed by atoms with Gasteiger partial charge in [0.2, 0.25) is 0 Å². The maximum atomic E-state index is 13.1. The van der Waals surface area contributed by atoms with E-state index >= 15 is 0 Å². The van der Waals surface area contributed by atoms with Crippen LogP contribution in [0.25, 0.3) is 0 Å². The predicted octanol–water partition coefficient (Wildman–Crippen LogP) is 3.91. The van der Waals surface area contributed by atoms with Gasteiger partial charge in [-0.15, -0.1) is 0 Å². The summed E-state index contributed by atoms with van der Waals surface area (Å²) in [4.78, 5) is 14.5. The number of likely N-dealkylation sites (tertiary alicyclic amines) is 1. The third kappa shape index (κ3) is 3.35. The second-order valence-electron chi connectivity index (χ2n) is 5.09. The average molecular weight is 328 g/mol. The Morgan fingerprint density at radius 1 is 1.53 bits per heavy atom. The number of alkyl halides is 1. The number of hydrogen-bond acceptors (Lipinski definition) is 1. The van der Waals surface area contributed by atoms with Crippen molar-refractivity contribution in [3.8, 4) is 0 Å². The molecule has 1 unspecified atom stereocenters. The zero-order valence-corrected chi connectivity index (χ0v) is 12.7. The molecule has 1 atom stereocenters. The molecule has 0 aromatic heterocycles. The van der Waals surface area contributed by atoms with E-state index in [0.717, 1.165) is 43.1 Å². The van der Waals surface area contributed by atoms with Gasteiger partial charge in [0.25, 0.3) is 5.91 Å². The molecule has 1 saturated heterocycles. The van der Waals surface area contributed by atoms with Crippen molar-refractivity contribution < 1.29 is 9.18 Å². The second-order valence-corrected chi connectivity index (χ2v) is 5.88. The SMILES string of the molecule is Cc1cc(F)ccc1C(=O)N1CCCC1CCCBr. The molecule has 0 aliphatic carbocycles. The van der Waals surface area contributed by atoms with E-state index in [-0.39, 0.29) is 11.7 Å². The summed E-state index contributed by atoms with van der Waals surface area (Å²) in [5, 5.41) is 0.973. The fourth-order valence-electron chi connectivity index (χ4n) is 2.74. The Bertz CT molecular complexity index is 463. The van der Waals surface area contributed by atoms with Crippen molar-refractivity contribution in [2.45, 2.75) is 38.6 Å². The van der Waals surface area contributed by atoms with Gasteiger partial charge in [0.1, 0.15) is 5.82 Å². The smallest absolute Gasteiger partial charge is 0.254 e. The van der Waals surface area contributed by atoms with E-state index in [1.165, 1.54) is 12.1 Å². The molecule has 0 saturated carbocycles. The van der Waals surface area contributed by atoms with Crippen molar-refractivity contribution in [3.05, 3.63) is 35.1 Å². The largest absolute Gasteiger partial charge is 0.336 e. The van der Waals surface area contributed by atoms with E-state index in [0.29, 0.717) is 11.6 Å². The van der Waals surface area contributed by atoms with Crippen molar-refractivity contribution >= 4 is 21.8 Å². The Balaban J connectivity index is 2.13. The van der Waals surface area contributed by atoms with Crippen LogP contribution in [0.2, 0.25) is 0 Å². The number of halogens is 2. The van der Waals surface area contributed by atoms with Gasteiger partial charge in [-0.3, -0.25) is 4.79 Å². The minimum atomic E-state index is -0.286. The molecule has 1 heterocycles. The number of nitrogens with zero attached hydrogens (tertiary/aromatic N) is 1. The van der Waals surface area contributed by atoms with Gasteiger partial charge in [-0.1, -0.05) is 15.9 Å². The van der Waals surface area contributed by atoms with Crippen LogP contribution in [0.1, 0.15) is 41.6 Å². The van der Waals surface area contributed by atoms with Crippen LogP contribution in [-0.2, 0) is 0 Å². The van der Waals surface area contributed by atoms with Crippen LogP contribution in [0.4, 0.5) is 4.39 Å². The molecule has 1 aliphatic heterocycles. The number of amides is 1. The maximum Gasteiger partial charge on any atom is 0.254 e. The zero-order valence-electron chi connectivity index (χ0n) is 11.2. The molecule has 0 spiro atoms. The number of hydrogen-bond donors (Lipinski definition) is 0. The predicted molar refractivity (Wildman–Crippen MR) is 78.2 cm³/mol. The summed E-state index contributed by atoms with van der Waals surface area (Å²) in [7, 11) is 0. The van der Waals surface area contributed by atoms with Crippen molar-refractivity contribution in [2.24, 2.45) is 0 Å². The normalized spacial score (nSPS) is 18.9. The molecule has 1 amide bonds. The molecule has 1 aromatic rings. The Morgan fingerprint density at radius 3 is 3.00 bits per heavy atom. The Morgan fingerprint density at radius 2 is 2.32 bits per heavy atom. The molecule has 2 nitrogen and oxygen atoms in total. The summed E-state index contributed by atoms with van der Waals surface area (Å²) >= 11 is 3.43. The average Bonchev–Trinajstić information content (AvgIpc) is 2.83. The van der Waals surface area contributed by atoms with Crippen LogP contribution < -0.4 is 0 Å². The van der Waals surface area contributed by atoms with Crippen LogP contribution in [0, 0.1) is 12.7 Å². The number of aryl methyl sites for hydroxylation is 1. The fourth-order valence-corrected chi connectivity index (χ4v) is 3.06. The number of rotatable bonds is 4.